The van der Waals surface area contributed by atoms with Gasteiger partial charge in [0.05, 0.1) is 20.0 Å². The molecule has 0 saturated heterocycles. The third kappa shape index (κ3) is 6.89. The molecule has 0 saturated carbocycles. The van der Waals surface area contributed by atoms with E-state index in [1.807, 2.05) is 24.3 Å². The number of anilines is 2. The molecule has 0 spiro atoms. The Labute approximate surface area is 159 Å². The molecule has 0 aliphatic carbocycles. The number of esters is 1. The van der Waals surface area contributed by atoms with E-state index in [9.17, 15) is 9.59 Å². The standard InChI is InChI=1S/C16H20N4O4S2/c1-23-12-7-5-11(6-8-12)18-15-19-20-16(26-15)25-10-13(21)17-9-3-4-14(22)24-2/h5-8H,3-4,9-10H2,1-2H3,(H,17,21)(H,18,19). The Balaban J connectivity index is 1.70. The summed E-state index contributed by atoms with van der Waals surface area (Å²) in [6.07, 6.45) is 0.846. The maximum atomic E-state index is 11.8. The minimum Gasteiger partial charge on any atom is -0.497 e. The molecule has 8 nitrogen and oxygen atoms in total. The van der Waals surface area contributed by atoms with Crippen LogP contribution in [0.4, 0.5) is 10.8 Å². The molecule has 140 valence electrons. The summed E-state index contributed by atoms with van der Waals surface area (Å²) in [6.45, 7) is 0.439. The SMILES string of the molecule is COC(=O)CCCNC(=O)CSc1nnc(Nc2ccc(OC)cc2)s1. The maximum absolute atomic E-state index is 11.8. The summed E-state index contributed by atoms with van der Waals surface area (Å²) in [5.74, 6) is 0.635. The molecule has 0 radical (unpaired) electrons. The van der Waals surface area contributed by atoms with Gasteiger partial charge in [0.1, 0.15) is 5.75 Å². The van der Waals surface area contributed by atoms with Gasteiger partial charge in [-0.15, -0.1) is 10.2 Å². The lowest BCUT2D eigenvalue weighted by atomic mass is 10.3. The highest BCUT2D eigenvalue weighted by Crippen LogP contribution is 2.28. The second-order valence-electron chi connectivity index (χ2n) is 5.04. The molecule has 1 amide bonds. The first kappa shape index (κ1) is 20.0. The fourth-order valence-electron chi connectivity index (χ4n) is 1.86. The number of benzene rings is 1. The van der Waals surface area contributed by atoms with Crippen molar-refractivity contribution in [2.75, 3.05) is 31.8 Å². The summed E-state index contributed by atoms with van der Waals surface area (Å²) in [5.41, 5.74) is 0.877. The molecule has 1 aromatic carbocycles. The van der Waals surface area contributed by atoms with Gasteiger partial charge in [-0.2, -0.15) is 0 Å². The highest BCUT2D eigenvalue weighted by molar-refractivity contribution is 8.01. The van der Waals surface area contributed by atoms with Gasteiger partial charge in [0, 0.05) is 18.7 Å². The van der Waals surface area contributed by atoms with Crippen LogP contribution in [0.25, 0.3) is 0 Å². The summed E-state index contributed by atoms with van der Waals surface area (Å²) < 4.78 is 10.4. The lowest BCUT2D eigenvalue weighted by Gasteiger charge is -2.03. The monoisotopic (exact) mass is 396 g/mol. The molecule has 2 aromatic rings. The Bertz CT molecular complexity index is 721. The molecule has 0 aliphatic heterocycles. The molecule has 10 heteroatoms. The highest BCUT2D eigenvalue weighted by atomic mass is 32.2. The Morgan fingerprint density at radius 2 is 1.96 bits per heavy atom. The van der Waals surface area contributed by atoms with Crippen molar-refractivity contribution in [2.45, 2.75) is 17.2 Å². The first-order valence-corrected chi connectivity index (χ1v) is 9.62. The largest absolute Gasteiger partial charge is 0.497 e. The first-order chi connectivity index (χ1) is 12.6. The van der Waals surface area contributed by atoms with E-state index in [0.29, 0.717) is 28.9 Å². The number of rotatable bonds is 10. The normalized spacial score (nSPS) is 10.2. The second kappa shape index (κ2) is 10.6. The summed E-state index contributed by atoms with van der Waals surface area (Å²) in [6, 6.07) is 7.47. The molecule has 0 atom stereocenters. The minimum absolute atomic E-state index is 0.111. The number of methoxy groups -OCH3 is 2. The summed E-state index contributed by atoms with van der Waals surface area (Å²) in [4.78, 5) is 22.7. The Morgan fingerprint density at radius 1 is 1.19 bits per heavy atom. The van der Waals surface area contributed by atoms with Gasteiger partial charge < -0.3 is 20.1 Å². The number of hydrogen-bond acceptors (Lipinski definition) is 9. The second-order valence-corrected chi connectivity index (χ2v) is 7.24. The van der Waals surface area contributed by atoms with Crippen LogP contribution in [0.1, 0.15) is 12.8 Å². The topological polar surface area (TPSA) is 102 Å². The Kier molecular flexibility index (Phi) is 8.16. The number of aromatic nitrogens is 2. The van der Waals surface area contributed by atoms with Gasteiger partial charge in [-0.1, -0.05) is 23.1 Å². The van der Waals surface area contributed by atoms with Crippen LogP contribution < -0.4 is 15.4 Å². The van der Waals surface area contributed by atoms with Gasteiger partial charge in [0.2, 0.25) is 11.0 Å². The van der Waals surface area contributed by atoms with Crippen LogP contribution in [-0.2, 0) is 14.3 Å². The molecule has 0 unspecified atom stereocenters. The predicted octanol–water partition coefficient (Wildman–Crippen LogP) is 2.45. The average molecular weight is 396 g/mol. The van der Waals surface area contributed by atoms with E-state index in [2.05, 4.69) is 25.6 Å². The Hall–Kier alpha value is -2.33. The van der Waals surface area contributed by atoms with Crippen LogP contribution in [-0.4, -0.2) is 48.6 Å². The number of nitrogens with one attached hydrogen (secondary N) is 2. The predicted molar refractivity (Wildman–Crippen MR) is 101 cm³/mol. The average Bonchev–Trinajstić information content (AvgIpc) is 3.11. The minimum atomic E-state index is -0.278. The lowest BCUT2D eigenvalue weighted by Crippen LogP contribution is -2.26. The van der Waals surface area contributed by atoms with Gasteiger partial charge in [0.15, 0.2) is 4.34 Å². The van der Waals surface area contributed by atoms with Gasteiger partial charge >= 0.3 is 5.97 Å². The van der Waals surface area contributed by atoms with Crippen molar-refractivity contribution in [3.05, 3.63) is 24.3 Å². The fourth-order valence-corrected chi connectivity index (χ4v) is 3.46. The quantitative estimate of drug-likeness (QED) is 0.359. The van der Waals surface area contributed by atoms with Crippen molar-refractivity contribution < 1.29 is 19.1 Å². The van der Waals surface area contributed by atoms with Crippen molar-refractivity contribution in [3.63, 3.8) is 0 Å². The van der Waals surface area contributed by atoms with E-state index >= 15 is 0 Å². The zero-order valence-corrected chi connectivity index (χ0v) is 16.1. The third-order valence-corrected chi connectivity index (χ3v) is 5.15. The molecule has 1 heterocycles. The highest BCUT2D eigenvalue weighted by Gasteiger charge is 2.09. The molecule has 1 aromatic heterocycles. The van der Waals surface area contributed by atoms with Crippen molar-refractivity contribution in [2.24, 2.45) is 0 Å². The fraction of sp³-hybridized carbons (Fsp3) is 0.375. The molecule has 0 fully saturated rings. The molecular weight excluding hydrogens is 376 g/mol. The molecule has 2 rings (SSSR count). The molecule has 26 heavy (non-hydrogen) atoms. The van der Waals surface area contributed by atoms with E-state index in [0.717, 1.165) is 11.4 Å². The zero-order valence-electron chi connectivity index (χ0n) is 14.5. The van der Waals surface area contributed by atoms with Gasteiger partial charge in [-0.05, 0) is 30.7 Å². The smallest absolute Gasteiger partial charge is 0.305 e. The summed E-state index contributed by atoms with van der Waals surface area (Å²) in [5, 5.41) is 14.7. The number of ether oxygens (including phenoxy) is 2. The molecule has 0 bridgehead atoms. The van der Waals surface area contributed by atoms with E-state index in [-0.39, 0.29) is 17.6 Å². The van der Waals surface area contributed by atoms with E-state index in [1.165, 1.54) is 30.2 Å². The van der Waals surface area contributed by atoms with Crippen LogP contribution in [0.15, 0.2) is 28.6 Å². The van der Waals surface area contributed by atoms with Crippen molar-refractivity contribution in [1.82, 2.24) is 15.5 Å². The van der Waals surface area contributed by atoms with E-state index < -0.39 is 0 Å². The number of carbonyl (C=O) groups excluding carboxylic acids is 2. The first-order valence-electron chi connectivity index (χ1n) is 7.81. The summed E-state index contributed by atoms with van der Waals surface area (Å²) in [7, 11) is 2.96. The number of nitrogens with zero attached hydrogens (tertiary/aromatic N) is 2. The van der Waals surface area contributed by atoms with Gasteiger partial charge in [-0.3, -0.25) is 9.59 Å². The van der Waals surface area contributed by atoms with Crippen LogP contribution in [0.3, 0.4) is 0 Å². The molecule has 0 aliphatic rings. The van der Waals surface area contributed by atoms with Crippen molar-refractivity contribution in [3.8, 4) is 5.75 Å². The van der Waals surface area contributed by atoms with Crippen LogP contribution in [0.5, 0.6) is 5.75 Å². The van der Waals surface area contributed by atoms with Crippen molar-refractivity contribution in [1.29, 1.82) is 0 Å². The number of thioether (sulfide) groups is 1. The number of amides is 1. The van der Waals surface area contributed by atoms with Crippen LogP contribution in [0.2, 0.25) is 0 Å². The third-order valence-electron chi connectivity index (χ3n) is 3.18. The van der Waals surface area contributed by atoms with Gasteiger partial charge in [-0.25, -0.2) is 0 Å². The van der Waals surface area contributed by atoms with Gasteiger partial charge in [0.25, 0.3) is 0 Å². The molecule has 2 N–H and O–H groups in total. The Morgan fingerprint density at radius 3 is 2.65 bits per heavy atom. The van der Waals surface area contributed by atoms with Crippen LogP contribution in [0, 0.1) is 0 Å². The number of carbonyl (C=O) groups is 2. The summed E-state index contributed by atoms with van der Waals surface area (Å²) >= 11 is 2.69. The molecular formula is C16H20N4O4S2. The maximum Gasteiger partial charge on any atom is 0.305 e. The van der Waals surface area contributed by atoms with Crippen molar-refractivity contribution >= 4 is 45.8 Å². The lowest BCUT2D eigenvalue weighted by molar-refractivity contribution is -0.140. The van der Waals surface area contributed by atoms with E-state index in [4.69, 9.17) is 4.74 Å². The number of hydrogen-bond donors (Lipinski definition) is 2. The van der Waals surface area contributed by atoms with Crippen LogP contribution >= 0.6 is 23.1 Å². The van der Waals surface area contributed by atoms with E-state index in [1.54, 1.807) is 7.11 Å². The zero-order chi connectivity index (χ0) is 18.8.